The maximum Gasteiger partial charge on any atom is 0.257 e. The molecular formula is C26H35BrN2O3S. The van der Waals surface area contributed by atoms with Crippen LogP contribution in [0.2, 0.25) is 0 Å². The summed E-state index contributed by atoms with van der Waals surface area (Å²) in [6, 6.07) is 12.8. The van der Waals surface area contributed by atoms with Gasteiger partial charge in [-0.1, -0.05) is 52.5 Å². The van der Waals surface area contributed by atoms with Crippen LogP contribution in [0.4, 0.5) is 5.69 Å². The highest BCUT2D eigenvalue weighted by Gasteiger charge is 2.11. The van der Waals surface area contributed by atoms with Gasteiger partial charge in [0.1, 0.15) is 11.5 Å². The van der Waals surface area contributed by atoms with Gasteiger partial charge in [0, 0.05) is 17.3 Å². The minimum absolute atomic E-state index is 0.227. The van der Waals surface area contributed by atoms with Gasteiger partial charge in [0.2, 0.25) is 0 Å². The number of hydrogen-bond acceptors (Lipinski definition) is 4. The summed E-state index contributed by atoms with van der Waals surface area (Å²) >= 11 is 8.80. The van der Waals surface area contributed by atoms with E-state index in [4.69, 9.17) is 21.7 Å². The van der Waals surface area contributed by atoms with Crippen molar-refractivity contribution in [3.05, 3.63) is 52.5 Å². The van der Waals surface area contributed by atoms with Crippen molar-refractivity contribution >= 4 is 44.9 Å². The average Bonchev–Trinajstić information content (AvgIpc) is 2.77. The number of unbranched alkanes of at least 4 members (excludes halogenated alkanes) is 4. The van der Waals surface area contributed by atoms with Gasteiger partial charge in [-0.3, -0.25) is 10.1 Å². The molecule has 180 valence electrons. The highest BCUT2D eigenvalue weighted by Crippen LogP contribution is 2.26. The van der Waals surface area contributed by atoms with E-state index in [0.29, 0.717) is 24.7 Å². The Hall–Kier alpha value is -2.12. The van der Waals surface area contributed by atoms with E-state index >= 15 is 0 Å². The molecule has 0 spiro atoms. The lowest BCUT2D eigenvalue weighted by atomic mass is 10.1. The summed E-state index contributed by atoms with van der Waals surface area (Å²) in [5.41, 5.74) is 1.25. The summed E-state index contributed by atoms with van der Waals surface area (Å²) < 4.78 is 12.3. The van der Waals surface area contributed by atoms with Crippen LogP contribution in [0.25, 0.3) is 0 Å². The first-order valence-corrected chi connectivity index (χ1v) is 12.9. The summed E-state index contributed by atoms with van der Waals surface area (Å²) in [4.78, 5) is 12.6. The number of anilines is 1. The van der Waals surface area contributed by atoms with E-state index < -0.39 is 0 Å². The molecule has 0 saturated heterocycles. The molecule has 0 aliphatic carbocycles. The highest BCUT2D eigenvalue weighted by atomic mass is 79.9. The van der Waals surface area contributed by atoms with E-state index in [1.807, 2.05) is 24.3 Å². The summed E-state index contributed by atoms with van der Waals surface area (Å²) in [7, 11) is 0. The monoisotopic (exact) mass is 534 g/mol. The third kappa shape index (κ3) is 10.6. The lowest BCUT2D eigenvalue weighted by molar-refractivity contribution is 0.0977. The fraction of sp³-hybridized carbons (Fsp3) is 0.462. The van der Waals surface area contributed by atoms with Crippen LogP contribution in [0.3, 0.4) is 0 Å². The Balaban J connectivity index is 1.82. The molecule has 2 rings (SSSR count). The zero-order chi connectivity index (χ0) is 24.1. The molecular weight excluding hydrogens is 500 g/mol. The SMILES string of the molecule is CCCCCCCOc1cccc(NC(=S)NC(=O)c2ccc(OCCC(C)C)c(Br)c2)c1. The minimum Gasteiger partial charge on any atom is -0.494 e. The summed E-state index contributed by atoms with van der Waals surface area (Å²) in [6.45, 7) is 7.85. The van der Waals surface area contributed by atoms with Gasteiger partial charge < -0.3 is 14.8 Å². The van der Waals surface area contributed by atoms with E-state index in [2.05, 4.69) is 47.3 Å². The first-order valence-electron chi connectivity index (χ1n) is 11.7. The molecule has 1 amide bonds. The van der Waals surface area contributed by atoms with Gasteiger partial charge in [-0.05, 0) is 77.2 Å². The fourth-order valence-electron chi connectivity index (χ4n) is 3.06. The molecule has 7 heteroatoms. The molecule has 33 heavy (non-hydrogen) atoms. The molecule has 5 nitrogen and oxygen atoms in total. The quantitative estimate of drug-likeness (QED) is 0.207. The number of amides is 1. The van der Waals surface area contributed by atoms with Crippen molar-refractivity contribution in [1.82, 2.24) is 5.32 Å². The average molecular weight is 536 g/mol. The van der Waals surface area contributed by atoms with Crippen LogP contribution in [-0.2, 0) is 0 Å². The van der Waals surface area contributed by atoms with Crippen molar-refractivity contribution in [3.63, 3.8) is 0 Å². The van der Waals surface area contributed by atoms with Crippen LogP contribution >= 0.6 is 28.1 Å². The molecule has 2 aromatic carbocycles. The lowest BCUT2D eigenvalue weighted by Gasteiger charge is -2.13. The highest BCUT2D eigenvalue weighted by molar-refractivity contribution is 9.10. The number of nitrogens with one attached hydrogen (secondary N) is 2. The Kier molecular flexibility index (Phi) is 12.3. The Morgan fingerprint density at radius 1 is 1.03 bits per heavy atom. The second-order valence-electron chi connectivity index (χ2n) is 8.37. The second kappa shape index (κ2) is 14.9. The predicted octanol–water partition coefficient (Wildman–Crippen LogP) is 7.35. The van der Waals surface area contributed by atoms with Crippen molar-refractivity contribution in [3.8, 4) is 11.5 Å². The van der Waals surface area contributed by atoms with Crippen LogP contribution < -0.4 is 20.1 Å². The number of rotatable bonds is 13. The molecule has 0 fully saturated rings. The number of halogens is 1. The van der Waals surface area contributed by atoms with Gasteiger partial charge in [0.15, 0.2) is 5.11 Å². The van der Waals surface area contributed by atoms with Crippen molar-refractivity contribution in [2.24, 2.45) is 5.92 Å². The Morgan fingerprint density at radius 3 is 2.55 bits per heavy atom. The van der Waals surface area contributed by atoms with Gasteiger partial charge in [0.25, 0.3) is 5.91 Å². The molecule has 0 unspecified atom stereocenters. The van der Waals surface area contributed by atoms with Crippen LogP contribution in [-0.4, -0.2) is 24.2 Å². The number of benzene rings is 2. The largest absolute Gasteiger partial charge is 0.494 e. The third-order valence-electron chi connectivity index (χ3n) is 4.98. The molecule has 0 aromatic heterocycles. The summed E-state index contributed by atoms with van der Waals surface area (Å²) in [5, 5.41) is 6.00. The maximum atomic E-state index is 12.6. The van der Waals surface area contributed by atoms with Crippen molar-refractivity contribution < 1.29 is 14.3 Å². The van der Waals surface area contributed by atoms with Gasteiger partial charge in [0.05, 0.1) is 17.7 Å². The van der Waals surface area contributed by atoms with E-state index in [-0.39, 0.29) is 11.0 Å². The molecule has 0 aliphatic rings. The fourth-order valence-corrected chi connectivity index (χ4v) is 3.76. The first-order chi connectivity index (χ1) is 15.9. The third-order valence-corrected chi connectivity index (χ3v) is 5.81. The van der Waals surface area contributed by atoms with Crippen LogP contribution in [0.1, 0.15) is 69.7 Å². The number of carbonyl (C=O) groups excluding carboxylic acids is 1. The van der Waals surface area contributed by atoms with Gasteiger partial charge in [-0.2, -0.15) is 0 Å². The van der Waals surface area contributed by atoms with Gasteiger partial charge in [-0.15, -0.1) is 0 Å². The van der Waals surface area contributed by atoms with Gasteiger partial charge >= 0.3 is 0 Å². The van der Waals surface area contributed by atoms with Crippen LogP contribution in [0.15, 0.2) is 46.9 Å². The maximum absolute atomic E-state index is 12.6. The van der Waals surface area contributed by atoms with Crippen LogP contribution in [0.5, 0.6) is 11.5 Å². The lowest BCUT2D eigenvalue weighted by Crippen LogP contribution is -2.34. The second-order valence-corrected chi connectivity index (χ2v) is 9.64. The van der Waals surface area contributed by atoms with Crippen molar-refractivity contribution in [1.29, 1.82) is 0 Å². The van der Waals surface area contributed by atoms with Crippen molar-refractivity contribution in [2.45, 2.75) is 59.3 Å². The molecule has 0 saturated carbocycles. The first kappa shape index (κ1) is 27.1. The standard InChI is InChI=1S/C26H35BrN2O3S/c1-4-5-6-7-8-15-31-22-11-9-10-21(18-22)28-26(33)29-25(30)20-12-13-24(23(27)17-20)32-16-14-19(2)3/h9-13,17-19H,4-8,14-16H2,1-3H3,(H2,28,29,30,33). The molecule has 0 atom stereocenters. The predicted molar refractivity (Wildman–Crippen MR) is 143 cm³/mol. The number of hydrogen-bond donors (Lipinski definition) is 2. The van der Waals surface area contributed by atoms with E-state index in [1.54, 1.807) is 18.2 Å². The Bertz CT molecular complexity index is 905. The molecule has 0 aliphatic heterocycles. The Labute approximate surface area is 211 Å². The summed E-state index contributed by atoms with van der Waals surface area (Å²) in [5.74, 6) is 1.78. The molecule has 2 N–H and O–H groups in total. The number of ether oxygens (including phenoxy) is 2. The molecule has 2 aromatic rings. The minimum atomic E-state index is -0.290. The molecule has 0 radical (unpaired) electrons. The Morgan fingerprint density at radius 2 is 1.82 bits per heavy atom. The number of thiocarbonyl (C=S) groups is 1. The van der Waals surface area contributed by atoms with Crippen LogP contribution in [0, 0.1) is 5.92 Å². The van der Waals surface area contributed by atoms with E-state index in [0.717, 1.165) is 34.5 Å². The topological polar surface area (TPSA) is 59.6 Å². The number of carbonyl (C=O) groups is 1. The molecule has 0 heterocycles. The normalized spacial score (nSPS) is 10.7. The summed E-state index contributed by atoms with van der Waals surface area (Å²) in [6.07, 6.45) is 6.96. The van der Waals surface area contributed by atoms with Crippen molar-refractivity contribution in [2.75, 3.05) is 18.5 Å². The smallest absolute Gasteiger partial charge is 0.257 e. The zero-order valence-electron chi connectivity index (χ0n) is 19.8. The van der Waals surface area contributed by atoms with Gasteiger partial charge in [-0.25, -0.2) is 0 Å². The van der Waals surface area contributed by atoms with E-state index in [9.17, 15) is 4.79 Å². The van der Waals surface area contributed by atoms with E-state index in [1.165, 1.54) is 25.7 Å². The zero-order valence-corrected chi connectivity index (χ0v) is 22.2. The molecule has 0 bridgehead atoms.